The fourth-order valence-corrected chi connectivity index (χ4v) is 2.80. The molecule has 1 aromatic rings. The van der Waals surface area contributed by atoms with Crippen molar-refractivity contribution >= 4 is 5.78 Å². The second-order valence-electron chi connectivity index (χ2n) is 6.41. The third kappa shape index (κ3) is 4.37. The molecule has 0 unspecified atom stereocenters. The fraction of sp³-hybridized carbons (Fsp3) is 0.611. The van der Waals surface area contributed by atoms with Gasteiger partial charge in [-0.15, -0.1) is 0 Å². The Morgan fingerprint density at radius 3 is 2.64 bits per heavy atom. The lowest BCUT2D eigenvalue weighted by molar-refractivity contribution is -0.123. The Kier molecular flexibility index (Phi) is 6.09. The number of rotatable bonds is 6. The van der Waals surface area contributed by atoms with Gasteiger partial charge in [0.15, 0.2) is 0 Å². The van der Waals surface area contributed by atoms with Crippen LogP contribution in [0.25, 0.3) is 0 Å². The van der Waals surface area contributed by atoms with Crippen LogP contribution >= 0.6 is 0 Å². The maximum atomic E-state index is 13.9. The van der Waals surface area contributed by atoms with Gasteiger partial charge in [0, 0.05) is 31.7 Å². The summed E-state index contributed by atoms with van der Waals surface area (Å²) in [7, 11) is 0. The van der Waals surface area contributed by atoms with Crippen LogP contribution in [0.15, 0.2) is 18.2 Å². The molecule has 0 aliphatic carbocycles. The molecule has 1 aromatic carbocycles. The second-order valence-corrected chi connectivity index (χ2v) is 6.41. The molecule has 1 heterocycles. The van der Waals surface area contributed by atoms with Gasteiger partial charge in [0.25, 0.3) is 0 Å². The molecule has 2 rings (SSSR count). The first-order valence-corrected chi connectivity index (χ1v) is 8.10. The van der Waals surface area contributed by atoms with Gasteiger partial charge >= 0.3 is 0 Å². The van der Waals surface area contributed by atoms with Crippen LogP contribution < -0.4 is 5.32 Å². The number of halogens is 1. The van der Waals surface area contributed by atoms with Crippen molar-refractivity contribution < 1.29 is 13.9 Å². The lowest BCUT2D eigenvalue weighted by atomic mass is 9.88. The molecule has 0 radical (unpaired) electrons. The number of aryl methyl sites for hydroxylation is 1. The molecule has 1 saturated heterocycles. The van der Waals surface area contributed by atoms with E-state index >= 15 is 0 Å². The van der Waals surface area contributed by atoms with E-state index in [1.165, 1.54) is 6.07 Å². The van der Waals surface area contributed by atoms with E-state index in [4.69, 9.17) is 4.74 Å². The Balaban J connectivity index is 2.11. The summed E-state index contributed by atoms with van der Waals surface area (Å²) in [4.78, 5) is 12.5. The average molecular weight is 307 g/mol. The monoisotopic (exact) mass is 307 g/mol. The maximum absolute atomic E-state index is 13.9. The average Bonchev–Trinajstić information content (AvgIpc) is 2.51. The van der Waals surface area contributed by atoms with E-state index < -0.39 is 0 Å². The molecular formula is C18H26FNO2. The smallest absolute Gasteiger partial charge is 0.144 e. The van der Waals surface area contributed by atoms with Crippen LogP contribution in [0, 0.1) is 18.7 Å². The molecule has 0 bridgehead atoms. The van der Waals surface area contributed by atoms with E-state index in [9.17, 15) is 9.18 Å². The molecule has 4 heteroatoms. The second kappa shape index (κ2) is 7.84. The van der Waals surface area contributed by atoms with E-state index in [1.54, 1.807) is 13.0 Å². The molecule has 0 saturated carbocycles. The van der Waals surface area contributed by atoms with Gasteiger partial charge < -0.3 is 10.1 Å². The molecule has 1 aliphatic rings. The zero-order valence-corrected chi connectivity index (χ0v) is 13.7. The summed E-state index contributed by atoms with van der Waals surface area (Å²) in [5, 5.41) is 3.47. The summed E-state index contributed by atoms with van der Waals surface area (Å²) in [6.45, 7) is 7.62. The van der Waals surface area contributed by atoms with Crippen LogP contribution in [0.4, 0.5) is 4.39 Å². The first-order valence-electron chi connectivity index (χ1n) is 8.10. The topological polar surface area (TPSA) is 38.3 Å². The predicted octanol–water partition coefficient (Wildman–Crippen LogP) is 3.21. The summed E-state index contributed by atoms with van der Waals surface area (Å²) < 4.78 is 19.2. The van der Waals surface area contributed by atoms with Gasteiger partial charge in [-0.05, 0) is 37.0 Å². The number of Topliss-reactive ketones (excluding diaryl/α,β-unsaturated/α-hetero) is 1. The Hall–Kier alpha value is -1.26. The number of carbonyl (C=O) groups is 1. The number of benzene rings is 1. The molecule has 22 heavy (non-hydrogen) atoms. The van der Waals surface area contributed by atoms with Crippen molar-refractivity contribution in [2.24, 2.45) is 5.92 Å². The molecule has 1 fully saturated rings. The zero-order valence-electron chi connectivity index (χ0n) is 13.7. The fourth-order valence-electron chi connectivity index (χ4n) is 2.80. The summed E-state index contributed by atoms with van der Waals surface area (Å²) in [6, 6.07) is 5.51. The Bertz CT molecular complexity index is 510. The highest BCUT2D eigenvalue weighted by Gasteiger charge is 2.25. The van der Waals surface area contributed by atoms with E-state index in [0.29, 0.717) is 18.2 Å². The summed E-state index contributed by atoms with van der Waals surface area (Å²) in [6.07, 6.45) is 1.93. The lowest BCUT2D eigenvalue weighted by Crippen LogP contribution is -2.39. The van der Waals surface area contributed by atoms with Crippen molar-refractivity contribution in [3.05, 3.63) is 35.1 Å². The maximum Gasteiger partial charge on any atom is 0.144 e. The third-order valence-corrected chi connectivity index (χ3v) is 4.34. The first kappa shape index (κ1) is 17.1. The van der Waals surface area contributed by atoms with Gasteiger partial charge in [-0.25, -0.2) is 4.39 Å². The van der Waals surface area contributed by atoms with E-state index in [2.05, 4.69) is 5.32 Å². The lowest BCUT2D eigenvalue weighted by Gasteiger charge is -2.26. The number of hydrogen-bond acceptors (Lipinski definition) is 3. The van der Waals surface area contributed by atoms with E-state index in [-0.39, 0.29) is 23.4 Å². The van der Waals surface area contributed by atoms with E-state index in [1.807, 2.05) is 19.9 Å². The Morgan fingerprint density at radius 2 is 2.05 bits per heavy atom. The first-order chi connectivity index (χ1) is 10.5. The molecule has 0 aromatic heterocycles. The van der Waals surface area contributed by atoms with Crippen LogP contribution in [-0.2, 0) is 9.53 Å². The summed E-state index contributed by atoms with van der Waals surface area (Å²) in [5.74, 6) is -0.447. The minimum Gasteiger partial charge on any atom is -0.381 e. The molecular weight excluding hydrogens is 281 g/mol. The third-order valence-electron chi connectivity index (χ3n) is 4.34. The minimum atomic E-state index is -0.294. The molecule has 0 spiro atoms. The Labute approximate surface area is 132 Å². The SMILES string of the molecule is Cc1ccc([C@@H](CNC2CCOCC2)C(=O)C(C)C)cc1F. The number of ketones is 1. The Morgan fingerprint density at radius 1 is 1.36 bits per heavy atom. The predicted molar refractivity (Wildman–Crippen MR) is 85.6 cm³/mol. The molecule has 122 valence electrons. The largest absolute Gasteiger partial charge is 0.381 e. The quantitative estimate of drug-likeness (QED) is 0.877. The van der Waals surface area contributed by atoms with Gasteiger partial charge in [-0.3, -0.25) is 4.79 Å². The zero-order chi connectivity index (χ0) is 16.1. The normalized spacial score (nSPS) is 17.7. The van der Waals surface area contributed by atoms with Gasteiger partial charge in [-0.1, -0.05) is 26.0 Å². The molecule has 1 aliphatic heterocycles. The van der Waals surface area contributed by atoms with Crippen molar-refractivity contribution in [1.29, 1.82) is 0 Å². The van der Waals surface area contributed by atoms with Crippen LogP contribution in [0.2, 0.25) is 0 Å². The van der Waals surface area contributed by atoms with E-state index in [0.717, 1.165) is 31.6 Å². The van der Waals surface area contributed by atoms with Crippen LogP contribution in [0.1, 0.15) is 43.7 Å². The summed E-state index contributed by atoms with van der Waals surface area (Å²) in [5.41, 5.74) is 1.37. The van der Waals surface area contributed by atoms with Crippen LogP contribution in [0.3, 0.4) is 0 Å². The van der Waals surface area contributed by atoms with Crippen molar-refractivity contribution in [3.63, 3.8) is 0 Å². The molecule has 1 atom stereocenters. The number of ether oxygens (including phenoxy) is 1. The van der Waals surface area contributed by atoms with Crippen LogP contribution in [-0.4, -0.2) is 31.6 Å². The van der Waals surface area contributed by atoms with Crippen molar-refractivity contribution in [2.75, 3.05) is 19.8 Å². The highest BCUT2D eigenvalue weighted by Crippen LogP contribution is 2.23. The van der Waals surface area contributed by atoms with Gasteiger partial charge in [0.1, 0.15) is 11.6 Å². The van der Waals surface area contributed by atoms with Gasteiger partial charge in [0.05, 0.1) is 5.92 Å². The number of nitrogens with one attached hydrogen (secondary N) is 1. The minimum absolute atomic E-state index is 0.0640. The van der Waals surface area contributed by atoms with Gasteiger partial charge in [-0.2, -0.15) is 0 Å². The highest BCUT2D eigenvalue weighted by atomic mass is 19.1. The highest BCUT2D eigenvalue weighted by molar-refractivity contribution is 5.87. The van der Waals surface area contributed by atoms with Crippen LogP contribution in [0.5, 0.6) is 0 Å². The van der Waals surface area contributed by atoms with Crippen molar-refractivity contribution in [1.82, 2.24) is 5.32 Å². The number of hydrogen-bond donors (Lipinski definition) is 1. The van der Waals surface area contributed by atoms with Crippen molar-refractivity contribution in [2.45, 2.75) is 45.6 Å². The molecule has 0 amide bonds. The summed E-state index contributed by atoms with van der Waals surface area (Å²) >= 11 is 0. The van der Waals surface area contributed by atoms with Crippen molar-refractivity contribution in [3.8, 4) is 0 Å². The standard InChI is InChI=1S/C18H26FNO2/c1-12(2)18(21)16(11-20-15-6-8-22-9-7-15)14-5-4-13(3)17(19)10-14/h4-5,10,12,15-16,20H,6-9,11H2,1-3H3/t16-/m1/s1. The van der Waals surface area contributed by atoms with Gasteiger partial charge in [0.2, 0.25) is 0 Å². The number of carbonyl (C=O) groups excluding carboxylic acids is 1. The molecule has 3 nitrogen and oxygen atoms in total. The molecule has 1 N–H and O–H groups in total.